The van der Waals surface area contributed by atoms with E-state index in [1.54, 1.807) is 0 Å². The average Bonchev–Trinajstić information content (AvgIpc) is 2.49. The number of ether oxygens (including phenoxy) is 2. The molecule has 1 atom stereocenters. The van der Waals surface area contributed by atoms with Crippen molar-refractivity contribution in [2.75, 3.05) is 27.4 Å². The van der Waals surface area contributed by atoms with Gasteiger partial charge in [0.1, 0.15) is 0 Å². The molecule has 1 unspecified atom stereocenters. The van der Waals surface area contributed by atoms with Gasteiger partial charge in [0, 0.05) is 33.2 Å². The molecule has 0 amide bonds. The second-order valence-corrected chi connectivity index (χ2v) is 6.40. The molecule has 21 heavy (non-hydrogen) atoms. The summed E-state index contributed by atoms with van der Waals surface area (Å²) in [5.41, 5.74) is 2.67. The van der Waals surface area contributed by atoms with Crippen molar-refractivity contribution in [3.05, 3.63) is 35.4 Å². The third kappa shape index (κ3) is 2.87. The summed E-state index contributed by atoms with van der Waals surface area (Å²) in [7, 11) is 3.86. The number of methoxy groups -OCH3 is 1. The third-order valence-corrected chi connectivity index (χ3v) is 5.41. The van der Waals surface area contributed by atoms with Gasteiger partial charge in [0.05, 0.1) is 11.6 Å². The van der Waals surface area contributed by atoms with Gasteiger partial charge in [-0.15, -0.1) is 0 Å². The van der Waals surface area contributed by atoms with Gasteiger partial charge in [-0.05, 0) is 36.9 Å². The van der Waals surface area contributed by atoms with Crippen molar-refractivity contribution in [1.29, 1.82) is 0 Å². The Bertz CT molecular complexity index is 447. The molecule has 1 saturated carbocycles. The Morgan fingerprint density at radius 2 is 1.86 bits per heavy atom. The van der Waals surface area contributed by atoms with Crippen molar-refractivity contribution in [2.24, 2.45) is 0 Å². The highest BCUT2D eigenvalue weighted by molar-refractivity contribution is 5.30. The first-order valence-electron chi connectivity index (χ1n) is 8.19. The molecule has 0 radical (unpaired) electrons. The largest absolute Gasteiger partial charge is 0.381 e. The molecule has 1 saturated heterocycles. The van der Waals surface area contributed by atoms with Crippen LogP contribution in [0.4, 0.5) is 0 Å². The summed E-state index contributed by atoms with van der Waals surface area (Å²) in [6.07, 6.45) is 5.99. The molecule has 3 nitrogen and oxygen atoms in total. The van der Waals surface area contributed by atoms with Gasteiger partial charge in [-0.3, -0.25) is 0 Å². The lowest BCUT2D eigenvalue weighted by Gasteiger charge is -2.42. The second-order valence-electron chi connectivity index (χ2n) is 6.40. The molecular weight excluding hydrogens is 262 g/mol. The lowest BCUT2D eigenvalue weighted by molar-refractivity contribution is -0.110. The molecule has 0 spiro atoms. The van der Waals surface area contributed by atoms with Crippen LogP contribution in [0.25, 0.3) is 0 Å². The summed E-state index contributed by atoms with van der Waals surface area (Å²) in [6, 6.07) is 9.41. The summed E-state index contributed by atoms with van der Waals surface area (Å²) >= 11 is 0. The topological polar surface area (TPSA) is 30.5 Å². The fourth-order valence-corrected chi connectivity index (χ4v) is 3.76. The summed E-state index contributed by atoms with van der Waals surface area (Å²) < 4.78 is 11.5. The highest BCUT2D eigenvalue weighted by Gasteiger charge is 2.40. The van der Waals surface area contributed by atoms with Crippen LogP contribution in [0.3, 0.4) is 0 Å². The van der Waals surface area contributed by atoms with E-state index in [1.165, 1.54) is 30.4 Å². The number of hydrogen-bond acceptors (Lipinski definition) is 3. The van der Waals surface area contributed by atoms with Crippen LogP contribution in [0.15, 0.2) is 24.3 Å². The molecule has 3 heteroatoms. The van der Waals surface area contributed by atoms with E-state index in [-0.39, 0.29) is 11.6 Å². The van der Waals surface area contributed by atoms with Crippen LogP contribution >= 0.6 is 0 Å². The molecule has 1 aliphatic carbocycles. The highest BCUT2D eigenvalue weighted by atomic mass is 16.5. The van der Waals surface area contributed by atoms with Gasteiger partial charge in [0.25, 0.3) is 0 Å². The fourth-order valence-electron chi connectivity index (χ4n) is 3.76. The maximum absolute atomic E-state index is 5.95. The second kappa shape index (κ2) is 6.47. The van der Waals surface area contributed by atoms with E-state index in [4.69, 9.17) is 9.47 Å². The SMILES string of the molecule is CNC(c1ccc(C2CCC2)cc1)C1(OC)CCOCC1. The first-order valence-corrected chi connectivity index (χ1v) is 8.19. The van der Waals surface area contributed by atoms with E-state index in [2.05, 4.69) is 29.6 Å². The minimum absolute atomic E-state index is 0.148. The van der Waals surface area contributed by atoms with Crippen LogP contribution in [0.1, 0.15) is 55.2 Å². The number of rotatable bonds is 5. The molecule has 1 aliphatic heterocycles. The van der Waals surface area contributed by atoms with Gasteiger partial charge in [-0.25, -0.2) is 0 Å². The van der Waals surface area contributed by atoms with Gasteiger partial charge in [-0.1, -0.05) is 30.7 Å². The standard InChI is InChI=1S/C18H27NO2/c1-19-17(18(20-2)10-12-21-13-11-18)16-8-6-15(7-9-16)14-4-3-5-14/h6-9,14,17,19H,3-5,10-13H2,1-2H3. The van der Waals surface area contributed by atoms with Crippen LogP contribution in [0.5, 0.6) is 0 Å². The van der Waals surface area contributed by atoms with E-state index in [9.17, 15) is 0 Å². The smallest absolute Gasteiger partial charge is 0.0916 e. The molecule has 0 aromatic heterocycles. The monoisotopic (exact) mass is 289 g/mol. The maximum atomic E-state index is 5.95. The molecule has 1 N–H and O–H groups in total. The van der Waals surface area contributed by atoms with Crippen molar-refractivity contribution in [3.63, 3.8) is 0 Å². The van der Waals surface area contributed by atoms with Crippen LogP contribution in [0, 0.1) is 0 Å². The van der Waals surface area contributed by atoms with Gasteiger partial charge in [0.2, 0.25) is 0 Å². The Hall–Kier alpha value is -0.900. The Morgan fingerprint density at radius 1 is 1.19 bits per heavy atom. The van der Waals surface area contributed by atoms with Gasteiger partial charge < -0.3 is 14.8 Å². The van der Waals surface area contributed by atoms with Gasteiger partial charge in [-0.2, -0.15) is 0 Å². The summed E-state index contributed by atoms with van der Waals surface area (Å²) in [6.45, 7) is 1.57. The van der Waals surface area contributed by atoms with Crippen molar-refractivity contribution in [2.45, 2.75) is 49.7 Å². The Balaban J connectivity index is 1.81. The lowest BCUT2D eigenvalue weighted by atomic mass is 9.78. The summed E-state index contributed by atoms with van der Waals surface area (Å²) in [5, 5.41) is 3.48. The number of likely N-dealkylation sites (N-methyl/N-ethyl adjacent to an activating group) is 1. The predicted molar refractivity (Wildman–Crippen MR) is 84.6 cm³/mol. The normalized spacial score (nSPS) is 23.5. The highest BCUT2D eigenvalue weighted by Crippen LogP contribution is 2.39. The van der Waals surface area contributed by atoms with Crippen LogP contribution < -0.4 is 5.32 Å². The zero-order valence-electron chi connectivity index (χ0n) is 13.2. The maximum Gasteiger partial charge on any atom is 0.0916 e. The predicted octanol–water partition coefficient (Wildman–Crippen LogP) is 3.41. The third-order valence-electron chi connectivity index (χ3n) is 5.41. The Kier molecular flexibility index (Phi) is 4.63. The first-order chi connectivity index (χ1) is 10.3. The molecule has 1 aromatic carbocycles. The molecule has 1 aromatic rings. The number of hydrogen-bond donors (Lipinski definition) is 1. The summed E-state index contributed by atoms with van der Waals surface area (Å²) in [4.78, 5) is 0. The zero-order valence-corrected chi connectivity index (χ0v) is 13.2. The lowest BCUT2D eigenvalue weighted by Crippen LogP contribution is -2.48. The number of benzene rings is 1. The van der Waals surface area contributed by atoms with Crippen LogP contribution in [-0.4, -0.2) is 33.0 Å². The first kappa shape index (κ1) is 15.0. The number of nitrogens with one attached hydrogen (secondary N) is 1. The molecule has 1 heterocycles. The Labute approximate surface area is 128 Å². The van der Waals surface area contributed by atoms with Gasteiger partial charge >= 0.3 is 0 Å². The van der Waals surface area contributed by atoms with E-state index >= 15 is 0 Å². The van der Waals surface area contributed by atoms with E-state index in [0.29, 0.717) is 0 Å². The van der Waals surface area contributed by atoms with E-state index in [1.807, 2.05) is 14.2 Å². The van der Waals surface area contributed by atoms with Crippen molar-refractivity contribution >= 4 is 0 Å². The summed E-state index contributed by atoms with van der Waals surface area (Å²) in [5.74, 6) is 0.798. The molecule has 3 rings (SSSR count). The van der Waals surface area contributed by atoms with Crippen molar-refractivity contribution < 1.29 is 9.47 Å². The molecule has 116 valence electrons. The molecule has 2 fully saturated rings. The average molecular weight is 289 g/mol. The molecule has 2 aliphatic rings. The fraction of sp³-hybridized carbons (Fsp3) is 0.667. The minimum Gasteiger partial charge on any atom is -0.381 e. The Morgan fingerprint density at radius 3 is 2.33 bits per heavy atom. The van der Waals surface area contributed by atoms with Crippen LogP contribution in [0.2, 0.25) is 0 Å². The zero-order chi connectivity index (χ0) is 14.7. The molecule has 0 bridgehead atoms. The molecular formula is C18H27NO2. The quantitative estimate of drug-likeness (QED) is 0.901. The minimum atomic E-state index is -0.148. The van der Waals surface area contributed by atoms with Crippen LogP contribution in [-0.2, 0) is 9.47 Å². The van der Waals surface area contributed by atoms with Gasteiger partial charge in [0.15, 0.2) is 0 Å². The van der Waals surface area contributed by atoms with E-state index < -0.39 is 0 Å². The van der Waals surface area contributed by atoms with E-state index in [0.717, 1.165) is 32.0 Å². The van der Waals surface area contributed by atoms with Crippen molar-refractivity contribution in [1.82, 2.24) is 5.32 Å². The van der Waals surface area contributed by atoms with Crippen molar-refractivity contribution in [3.8, 4) is 0 Å².